The van der Waals surface area contributed by atoms with Gasteiger partial charge in [0.05, 0.1) is 11.7 Å². The third-order valence-corrected chi connectivity index (χ3v) is 16.0. The van der Waals surface area contributed by atoms with Crippen LogP contribution in [0.25, 0.3) is 0 Å². The van der Waals surface area contributed by atoms with Crippen LogP contribution in [0.15, 0.2) is 24.3 Å². The lowest BCUT2D eigenvalue weighted by molar-refractivity contribution is -0.199. The lowest BCUT2D eigenvalue weighted by Crippen LogP contribution is -2.68. The maximum absolute atomic E-state index is 13.6. The molecule has 1 heterocycles. The first-order valence-corrected chi connectivity index (χ1v) is 18.9. The number of hydrogen-bond acceptors (Lipinski definition) is 3. The van der Waals surface area contributed by atoms with Gasteiger partial charge in [0.25, 0.3) is 0 Å². The first-order valence-electron chi connectivity index (χ1n) is 12.0. The van der Waals surface area contributed by atoms with Crippen LogP contribution in [0, 0.1) is 23.1 Å². The molecule has 3 aliphatic carbocycles. The maximum Gasteiger partial charge on any atom is 0.475 e. The Morgan fingerprint density at radius 1 is 1.03 bits per heavy atom. The van der Waals surface area contributed by atoms with Crippen LogP contribution in [0.3, 0.4) is 0 Å². The topological polar surface area (TPSA) is 21.7 Å². The first kappa shape index (κ1) is 23.7. The highest BCUT2D eigenvalue weighted by atomic mass is 28.4. The highest BCUT2D eigenvalue weighted by Crippen LogP contribution is 2.65. The van der Waals surface area contributed by atoms with Crippen molar-refractivity contribution in [1.29, 1.82) is 0 Å². The maximum atomic E-state index is 13.6. The lowest BCUT2D eigenvalue weighted by Gasteiger charge is -2.64. The van der Waals surface area contributed by atoms with E-state index in [4.69, 9.17) is 9.31 Å². The molecule has 5 atom stereocenters. The van der Waals surface area contributed by atoms with Crippen molar-refractivity contribution in [3.63, 3.8) is 0 Å². The second-order valence-electron chi connectivity index (χ2n) is 12.9. The Hall–Kier alpha value is -0.471. The van der Waals surface area contributed by atoms with Crippen LogP contribution in [0.4, 0.5) is 4.39 Å². The van der Waals surface area contributed by atoms with Crippen molar-refractivity contribution in [1.82, 2.24) is 4.23 Å². The molecule has 0 aromatic heterocycles. The van der Waals surface area contributed by atoms with E-state index in [0.29, 0.717) is 11.3 Å². The molecule has 3 saturated carbocycles. The zero-order valence-corrected chi connectivity index (χ0v) is 23.0. The summed E-state index contributed by atoms with van der Waals surface area (Å²) in [5.41, 5.74) is 1.30. The van der Waals surface area contributed by atoms with Crippen LogP contribution in [-0.4, -0.2) is 45.5 Å². The number of hydrogen-bond donors (Lipinski definition) is 0. The molecule has 1 aromatic rings. The Balaban J connectivity index is 1.68. The van der Waals surface area contributed by atoms with Crippen LogP contribution in [0.5, 0.6) is 0 Å². The van der Waals surface area contributed by atoms with Crippen molar-refractivity contribution >= 4 is 23.6 Å². The lowest BCUT2D eigenvalue weighted by atomic mass is 9.43. The van der Waals surface area contributed by atoms with Gasteiger partial charge in [-0.3, -0.25) is 0 Å². The van der Waals surface area contributed by atoms with E-state index in [2.05, 4.69) is 64.3 Å². The van der Waals surface area contributed by atoms with Gasteiger partial charge in [0.1, 0.15) is 22.3 Å². The molecule has 4 aliphatic rings. The molecule has 0 unspecified atom stereocenters. The highest BCUT2D eigenvalue weighted by Gasteiger charge is 2.69. The van der Waals surface area contributed by atoms with Crippen molar-refractivity contribution in [3.8, 4) is 0 Å². The molecule has 1 aliphatic heterocycles. The van der Waals surface area contributed by atoms with E-state index < -0.39 is 16.5 Å². The summed E-state index contributed by atoms with van der Waals surface area (Å²) in [7, 11) is -3.56. The van der Waals surface area contributed by atoms with Crippen LogP contribution in [0.1, 0.15) is 39.2 Å². The molecule has 1 saturated heterocycles. The average Bonchev–Trinajstić information content (AvgIpc) is 2.97. The number of benzene rings is 1. The van der Waals surface area contributed by atoms with E-state index in [1.807, 2.05) is 12.1 Å². The standard InChI is InChI=1S/C24H41BFNO2Si2/c1-23(2)18-15-20(23)24(3)21(16-18)28-25(29-24)22(14-17-10-12-19(26)13-11-17)27(30(4,5)6)31(7,8)9/h10-13,18,20-22H,14-16H2,1-9H3/t18-,20-,21+,22+,24-/m0/s1. The van der Waals surface area contributed by atoms with E-state index in [9.17, 15) is 4.39 Å². The molecular formula is C24H41BFNO2Si2. The summed E-state index contributed by atoms with van der Waals surface area (Å²) < 4.78 is 30.2. The molecule has 172 valence electrons. The molecule has 5 rings (SSSR count). The van der Waals surface area contributed by atoms with E-state index in [0.717, 1.165) is 24.3 Å². The minimum Gasteiger partial charge on any atom is -0.404 e. The smallest absolute Gasteiger partial charge is 0.404 e. The first-order chi connectivity index (χ1) is 14.1. The zero-order chi connectivity index (χ0) is 23.0. The fourth-order valence-corrected chi connectivity index (χ4v) is 17.7. The molecule has 3 nitrogen and oxygen atoms in total. The van der Waals surface area contributed by atoms with Crippen molar-refractivity contribution in [2.75, 3.05) is 0 Å². The fourth-order valence-electron chi connectivity index (χ4n) is 7.24. The van der Waals surface area contributed by atoms with Gasteiger partial charge in [0, 0.05) is 5.94 Å². The van der Waals surface area contributed by atoms with Gasteiger partial charge >= 0.3 is 7.12 Å². The third kappa shape index (κ3) is 4.03. The normalized spacial score (nSPS) is 33.3. The van der Waals surface area contributed by atoms with Gasteiger partial charge in [0.2, 0.25) is 0 Å². The average molecular weight is 462 g/mol. The minimum absolute atomic E-state index is 0.159. The monoisotopic (exact) mass is 461 g/mol. The number of halogens is 1. The Labute approximate surface area is 191 Å². The van der Waals surface area contributed by atoms with Gasteiger partial charge in [-0.05, 0) is 61.1 Å². The van der Waals surface area contributed by atoms with Gasteiger partial charge in [-0.2, -0.15) is 0 Å². The van der Waals surface area contributed by atoms with E-state index in [1.54, 1.807) is 12.1 Å². The summed E-state index contributed by atoms with van der Waals surface area (Å²) in [4.78, 5) is 0. The predicted octanol–water partition coefficient (Wildman–Crippen LogP) is 5.98. The predicted molar refractivity (Wildman–Crippen MR) is 133 cm³/mol. The van der Waals surface area contributed by atoms with Crippen LogP contribution in [-0.2, 0) is 15.7 Å². The molecule has 2 bridgehead atoms. The summed E-state index contributed by atoms with van der Waals surface area (Å²) in [6, 6.07) is 7.01. The van der Waals surface area contributed by atoms with Gasteiger partial charge in [-0.25, -0.2) is 4.39 Å². The summed E-state index contributed by atoms with van der Waals surface area (Å²) in [5, 5.41) is 0. The van der Waals surface area contributed by atoms with Gasteiger partial charge in [-0.1, -0.05) is 65.3 Å². The zero-order valence-electron chi connectivity index (χ0n) is 21.0. The Morgan fingerprint density at radius 3 is 2.13 bits per heavy atom. The number of rotatable bonds is 6. The van der Waals surface area contributed by atoms with E-state index in [1.165, 1.54) is 6.42 Å². The van der Waals surface area contributed by atoms with Crippen LogP contribution < -0.4 is 0 Å². The van der Waals surface area contributed by atoms with E-state index >= 15 is 0 Å². The molecule has 31 heavy (non-hydrogen) atoms. The third-order valence-electron chi connectivity index (χ3n) is 8.42. The molecule has 4 fully saturated rings. The van der Waals surface area contributed by atoms with Crippen molar-refractivity contribution in [3.05, 3.63) is 35.6 Å². The second kappa shape index (κ2) is 7.52. The molecule has 7 heteroatoms. The fraction of sp³-hybridized carbons (Fsp3) is 0.750. The Bertz CT molecular complexity index is 808. The largest absolute Gasteiger partial charge is 0.475 e. The van der Waals surface area contributed by atoms with Gasteiger partial charge < -0.3 is 13.5 Å². The van der Waals surface area contributed by atoms with Crippen molar-refractivity contribution < 1.29 is 13.7 Å². The quantitative estimate of drug-likeness (QED) is 0.487. The molecule has 0 spiro atoms. The summed E-state index contributed by atoms with van der Waals surface area (Å²) >= 11 is 0. The molecule has 1 aromatic carbocycles. The SMILES string of the molecule is CC1(C)[C@@H]2C[C@H]3OB([C@@H](Cc4ccc(F)cc4)N([Si](C)(C)C)[Si](C)(C)C)O[C@@]3(C)[C@H]1C2. The Morgan fingerprint density at radius 2 is 1.61 bits per heavy atom. The van der Waals surface area contributed by atoms with Crippen molar-refractivity contribution in [2.45, 2.75) is 97.0 Å². The van der Waals surface area contributed by atoms with Crippen molar-refractivity contribution in [2.24, 2.45) is 17.3 Å². The molecular weight excluding hydrogens is 420 g/mol. The minimum atomic E-state index is -1.66. The molecule has 0 radical (unpaired) electrons. The second-order valence-corrected chi connectivity index (χ2v) is 23.0. The number of nitrogens with zero attached hydrogens (tertiary/aromatic N) is 1. The summed E-state index contributed by atoms with van der Waals surface area (Å²) in [6.07, 6.45) is 3.40. The summed E-state index contributed by atoms with van der Waals surface area (Å²) in [5.74, 6) is 1.29. The van der Waals surface area contributed by atoms with Gasteiger partial charge in [-0.15, -0.1) is 0 Å². The summed E-state index contributed by atoms with van der Waals surface area (Å²) in [6.45, 7) is 21.8. The Kier molecular flexibility index (Phi) is 5.74. The van der Waals surface area contributed by atoms with Crippen LogP contribution in [0.2, 0.25) is 39.3 Å². The van der Waals surface area contributed by atoms with Gasteiger partial charge in [0.15, 0.2) is 0 Å². The van der Waals surface area contributed by atoms with Crippen LogP contribution >= 0.6 is 0 Å². The molecule has 0 amide bonds. The van der Waals surface area contributed by atoms with E-state index in [-0.39, 0.29) is 30.6 Å². The highest BCUT2D eigenvalue weighted by molar-refractivity contribution is 6.90. The molecule has 0 N–H and O–H groups in total.